The maximum absolute atomic E-state index is 13.3. The number of hydrogen-bond donors (Lipinski definition) is 2. The van der Waals surface area contributed by atoms with Gasteiger partial charge in [0.2, 0.25) is 0 Å². The van der Waals surface area contributed by atoms with E-state index in [1.165, 1.54) is 18.2 Å². The number of nitrogens with one attached hydrogen (secondary N) is 1. The molecule has 4 rings (SSSR count). The normalized spacial score (nSPS) is 15.6. The third kappa shape index (κ3) is 5.77. The van der Waals surface area contributed by atoms with Gasteiger partial charge in [-0.3, -0.25) is 9.59 Å². The first-order chi connectivity index (χ1) is 17.9. The van der Waals surface area contributed by atoms with E-state index in [4.69, 9.17) is 5.11 Å². The summed E-state index contributed by atoms with van der Waals surface area (Å²) in [7, 11) is 0. The summed E-state index contributed by atoms with van der Waals surface area (Å²) in [6, 6.07) is 17.8. The number of ketones is 2. The van der Waals surface area contributed by atoms with E-state index in [0.29, 0.717) is 11.1 Å². The highest BCUT2D eigenvalue weighted by Gasteiger charge is 2.39. The number of aromatic carboxylic acids is 1. The second-order valence-electron chi connectivity index (χ2n) is 11.5. The highest BCUT2D eigenvalue weighted by molar-refractivity contribution is 6.08. The fraction of sp³-hybridized carbons (Fsp3) is 0.303. The second kappa shape index (κ2) is 10.4. The molecule has 0 bridgehead atoms. The van der Waals surface area contributed by atoms with Crippen molar-refractivity contribution in [1.29, 1.82) is 0 Å². The summed E-state index contributed by atoms with van der Waals surface area (Å²) in [4.78, 5) is 37.4. The van der Waals surface area contributed by atoms with E-state index in [0.717, 1.165) is 40.8 Å². The van der Waals surface area contributed by atoms with Gasteiger partial charge in [0.15, 0.2) is 11.6 Å². The van der Waals surface area contributed by atoms with Crippen LogP contribution in [0, 0.1) is 6.92 Å². The van der Waals surface area contributed by atoms with Crippen molar-refractivity contribution in [2.24, 2.45) is 0 Å². The van der Waals surface area contributed by atoms with Gasteiger partial charge in [0, 0.05) is 16.8 Å². The fourth-order valence-corrected chi connectivity index (χ4v) is 5.09. The number of aryl methyl sites for hydroxylation is 1. The molecule has 0 heterocycles. The molecule has 0 saturated carbocycles. The zero-order chi connectivity index (χ0) is 27.7. The molecule has 0 radical (unpaired) electrons. The van der Waals surface area contributed by atoms with E-state index >= 15 is 0 Å². The Kier molecular flexibility index (Phi) is 7.41. The van der Waals surface area contributed by atoms with Gasteiger partial charge in [0.25, 0.3) is 0 Å². The van der Waals surface area contributed by atoms with Crippen LogP contribution in [0.25, 0.3) is 6.08 Å². The first-order valence-electron chi connectivity index (χ1n) is 13.0. The first kappa shape index (κ1) is 27.1. The topological polar surface area (TPSA) is 83.5 Å². The lowest BCUT2D eigenvalue weighted by atomic mass is 9.62. The highest BCUT2D eigenvalue weighted by Crippen LogP contribution is 2.49. The van der Waals surface area contributed by atoms with E-state index in [-0.39, 0.29) is 34.5 Å². The molecule has 1 aliphatic carbocycles. The molecule has 38 heavy (non-hydrogen) atoms. The van der Waals surface area contributed by atoms with Crippen LogP contribution in [0.4, 0.5) is 5.69 Å². The number of rotatable bonds is 8. The van der Waals surface area contributed by atoms with Gasteiger partial charge in [0.05, 0.1) is 12.1 Å². The van der Waals surface area contributed by atoms with Crippen molar-refractivity contribution in [3.63, 3.8) is 0 Å². The Bertz CT molecular complexity index is 1410. The third-order valence-electron chi connectivity index (χ3n) is 7.60. The molecule has 0 atom stereocenters. The maximum atomic E-state index is 13.3. The number of fused-ring (bicyclic) bond motifs is 1. The van der Waals surface area contributed by atoms with E-state index in [1.807, 2.05) is 43.3 Å². The summed E-state index contributed by atoms with van der Waals surface area (Å²) in [6.45, 7) is 11.0. The van der Waals surface area contributed by atoms with Crippen LogP contribution in [0.1, 0.15) is 93.9 Å². The average molecular weight is 510 g/mol. The van der Waals surface area contributed by atoms with Crippen molar-refractivity contribution < 1.29 is 19.5 Å². The van der Waals surface area contributed by atoms with Crippen molar-refractivity contribution >= 4 is 29.3 Å². The number of anilines is 1. The summed E-state index contributed by atoms with van der Waals surface area (Å²) in [5.74, 6) is -1.15. The summed E-state index contributed by atoms with van der Waals surface area (Å²) in [5, 5.41) is 12.5. The highest BCUT2D eigenvalue weighted by atomic mass is 16.4. The lowest BCUT2D eigenvalue weighted by Gasteiger charge is -2.43. The second-order valence-corrected chi connectivity index (χ2v) is 11.5. The average Bonchev–Trinajstić information content (AvgIpc) is 2.88. The Labute approximate surface area is 224 Å². The van der Waals surface area contributed by atoms with Crippen LogP contribution in [-0.4, -0.2) is 29.2 Å². The Hall–Kier alpha value is -3.99. The molecular formula is C33H35NO4. The molecule has 0 fully saturated rings. The van der Waals surface area contributed by atoms with Crippen molar-refractivity contribution in [1.82, 2.24) is 0 Å². The molecule has 1 aliphatic rings. The third-order valence-corrected chi connectivity index (χ3v) is 7.60. The van der Waals surface area contributed by atoms with Crippen molar-refractivity contribution in [3.05, 3.63) is 106 Å². The monoisotopic (exact) mass is 509 g/mol. The Morgan fingerprint density at radius 3 is 2.08 bits per heavy atom. The molecule has 0 unspecified atom stereocenters. The Balaban J connectivity index is 1.68. The molecule has 0 amide bonds. The molecule has 2 N–H and O–H groups in total. The molecule has 0 spiro atoms. The number of Topliss-reactive ketones (excluding diaryl/α,β-unsaturated/α-hetero) is 1. The van der Waals surface area contributed by atoms with Gasteiger partial charge in [-0.15, -0.1) is 0 Å². The van der Waals surface area contributed by atoms with Crippen molar-refractivity contribution in [3.8, 4) is 0 Å². The summed E-state index contributed by atoms with van der Waals surface area (Å²) >= 11 is 0. The number of carbonyl (C=O) groups excluding carboxylic acids is 2. The Morgan fingerprint density at radius 2 is 1.45 bits per heavy atom. The number of carboxylic acids is 1. The quantitative estimate of drug-likeness (QED) is 0.247. The number of benzene rings is 3. The molecular weight excluding hydrogens is 474 g/mol. The predicted molar refractivity (Wildman–Crippen MR) is 152 cm³/mol. The molecule has 0 saturated heterocycles. The number of allylic oxidation sites excluding steroid dienone is 1. The summed E-state index contributed by atoms with van der Waals surface area (Å²) in [6.07, 6.45) is 5.21. The van der Waals surface area contributed by atoms with Crippen LogP contribution in [-0.2, 0) is 10.8 Å². The summed E-state index contributed by atoms with van der Waals surface area (Å²) in [5.41, 5.74) is 6.14. The maximum Gasteiger partial charge on any atom is 0.335 e. The van der Waals surface area contributed by atoms with Gasteiger partial charge in [-0.25, -0.2) is 4.79 Å². The van der Waals surface area contributed by atoms with Crippen LogP contribution in [0.15, 0.2) is 66.7 Å². The molecule has 5 nitrogen and oxygen atoms in total. The van der Waals surface area contributed by atoms with Crippen LogP contribution in [0.5, 0.6) is 0 Å². The van der Waals surface area contributed by atoms with Gasteiger partial charge in [0.1, 0.15) is 0 Å². The first-order valence-corrected chi connectivity index (χ1v) is 13.0. The van der Waals surface area contributed by atoms with Gasteiger partial charge in [-0.1, -0.05) is 75.7 Å². The van der Waals surface area contributed by atoms with Crippen LogP contribution in [0.2, 0.25) is 0 Å². The van der Waals surface area contributed by atoms with E-state index in [9.17, 15) is 14.4 Å². The molecule has 3 aromatic carbocycles. The van der Waals surface area contributed by atoms with Crippen LogP contribution >= 0.6 is 0 Å². The minimum atomic E-state index is -0.989. The Morgan fingerprint density at radius 1 is 0.842 bits per heavy atom. The molecule has 0 aromatic heterocycles. The SMILES string of the molecule is Cc1ccc(C(=O)CNc2cc(C(=O)C=Cc3ccc(C(=O)O)cc3)cc3c2C(C)(C)CCC3(C)C)cc1. The van der Waals surface area contributed by atoms with Crippen molar-refractivity contribution in [2.45, 2.75) is 58.3 Å². The van der Waals surface area contributed by atoms with Crippen molar-refractivity contribution in [2.75, 3.05) is 11.9 Å². The smallest absolute Gasteiger partial charge is 0.335 e. The molecule has 3 aromatic rings. The van der Waals surface area contributed by atoms with Gasteiger partial charge in [-0.2, -0.15) is 0 Å². The fourth-order valence-electron chi connectivity index (χ4n) is 5.09. The van der Waals surface area contributed by atoms with Gasteiger partial charge >= 0.3 is 5.97 Å². The standard InChI is InChI=1S/C33H35NO4/c1-21-6-11-23(12-7-21)29(36)20-34-27-19-25(18-26-30(27)33(4,5)17-16-32(26,2)3)28(35)15-10-22-8-13-24(14-9-22)31(37)38/h6-15,18-19,34H,16-17,20H2,1-5H3,(H,37,38). The zero-order valence-electron chi connectivity index (χ0n) is 22.7. The predicted octanol–water partition coefficient (Wildman–Crippen LogP) is 7.23. The lowest BCUT2D eigenvalue weighted by molar-refractivity contribution is 0.0696. The minimum Gasteiger partial charge on any atom is -0.478 e. The van der Waals surface area contributed by atoms with Crippen LogP contribution < -0.4 is 5.32 Å². The molecule has 5 heteroatoms. The van der Waals surface area contributed by atoms with E-state index < -0.39 is 5.97 Å². The van der Waals surface area contributed by atoms with Gasteiger partial charge < -0.3 is 10.4 Å². The summed E-state index contributed by atoms with van der Waals surface area (Å²) < 4.78 is 0. The minimum absolute atomic E-state index is 0.00643. The van der Waals surface area contributed by atoms with Crippen LogP contribution in [0.3, 0.4) is 0 Å². The number of carboxylic acid groups (broad SMARTS) is 1. The molecule has 196 valence electrons. The van der Waals surface area contributed by atoms with Gasteiger partial charge in [-0.05, 0) is 77.6 Å². The van der Waals surface area contributed by atoms with E-state index in [1.54, 1.807) is 18.2 Å². The number of hydrogen-bond acceptors (Lipinski definition) is 4. The zero-order valence-corrected chi connectivity index (χ0v) is 22.7. The number of carbonyl (C=O) groups is 3. The largest absolute Gasteiger partial charge is 0.478 e. The van der Waals surface area contributed by atoms with E-state index in [2.05, 4.69) is 33.0 Å². The molecule has 0 aliphatic heterocycles. The lowest BCUT2D eigenvalue weighted by Crippen LogP contribution is -2.35.